The van der Waals surface area contributed by atoms with Gasteiger partial charge in [0.05, 0.1) is 6.61 Å². The average Bonchev–Trinajstić information content (AvgIpc) is 2.76. The number of carboxylic acids is 1. The number of rotatable bonds is 7. The van der Waals surface area contributed by atoms with Crippen LogP contribution in [0.3, 0.4) is 0 Å². The van der Waals surface area contributed by atoms with Crippen molar-refractivity contribution < 1.29 is 19.4 Å². The van der Waals surface area contributed by atoms with E-state index in [1.807, 2.05) is 19.0 Å². The van der Waals surface area contributed by atoms with E-state index in [-0.39, 0.29) is 19.1 Å². The van der Waals surface area contributed by atoms with Gasteiger partial charge < -0.3 is 25.4 Å². The van der Waals surface area contributed by atoms with Crippen molar-refractivity contribution in [1.29, 1.82) is 0 Å². The monoisotopic (exact) mass is 301 g/mol. The molecule has 0 aromatic rings. The van der Waals surface area contributed by atoms with E-state index in [0.29, 0.717) is 19.1 Å². The molecule has 1 rings (SSSR count). The zero-order valence-corrected chi connectivity index (χ0v) is 13.3. The van der Waals surface area contributed by atoms with Crippen LogP contribution in [0.4, 0.5) is 4.79 Å². The van der Waals surface area contributed by atoms with E-state index in [1.165, 1.54) is 0 Å². The number of hydrogen-bond donors (Lipinski definition) is 3. The summed E-state index contributed by atoms with van der Waals surface area (Å²) in [7, 11) is 3.88. The normalized spacial score (nSPS) is 23.3. The fraction of sp³-hybridized carbons (Fsp3) is 0.857. The number of nitrogens with zero attached hydrogens (tertiary/aromatic N) is 1. The average molecular weight is 301 g/mol. The highest BCUT2D eigenvalue weighted by molar-refractivity contribution is 5.86. The second kappa shape index (κ2) is 7.61. The maximum absolute atomic E-state index is 12.1. The molecule has 7 nitrogen and oxygen atoms in total. The Morgan fingerprint density at radius 3 is 2.48 bits per heavy atom. The summed E-state index contributed by atoms with van der Waals surface area (Å²) in [5, 5.41) is 14.8. The molecule has 0 saturated carbocycles. The summed E-state index contributed by atoms with van der Waals surface area (Å²) in [6, 6.07) is -0.469. The number of nitrogens with one attached hydrogen (secondary N) is 2. The van der Waals surface area contributed by atoms with E-state index < -0.39 is 17.5 Å². The summed E-state index contributed by atoms with van der Waals surface area (Å²) in [6.07, 6.45) is 1.13. The van der Waals surface area contributed by atoms with Crippen molar-refractivity contribution in [2.24, 2.45) is 5.92 Å². The van der Waals surface area contributed by atoms with Crippen LogP contribution >= 0.6 is 0 Å². The number of carbonyl (C=O) groups excluding carboxylic acids is 1. The first kappa shape index (κ1) is 17.7. The highest BCUT2D eigenvalue weighted by Gasteiger charge is 2.44. The molecule has 3 N–H and O–H groups in total. The largest absolute Gasteiger partial charge is 0.479 e. The van der Waals surface area contributed by atoms with E-state index >= 15 is 0 Å². The van der Waals surface area contributed by atoms with Gasteiger partial charge in [0.1, 0.15) is 0 Å². The Bertz CT molecular complexity index is 355. The topological polar surface area (TPSA) is 90.9 Å². The van der Waals surface area contributed by atoms with Crippen LogP contribution in [0, 0.1) is 5.92 Å². The minimum absolute atomic E-state index is 0.0122. The van der Waals surface area contributed by atoms with Crippen molar-refractivity contribution in [1.82, 2.24) is 15.5 Å². The van der Waals surface area contributed by atoms with Gasteiger partial charge in [0.2, 0.25) is 0 Å². The van der Waals surface area contributed by atoms with Crippen molar-refractivity contribution in [3.63, 3.8) is 0 Å². The molecule has 1 aliphatic heterocycles. The summed E-state index contributed by atoms with van der Waals surface area (Å²) in [5.74, 6) is -0.610. The maximum Gasteiger partial charge on any atom is 0.332 e. The number of carboxylic acid groups (broad SMARTS) is 1. The number of ether oxygens (including phenoxy) is 1. The van der Waals surface area contributed by atoms with E-state index in [4.69, 9.17) is 4.74 Å². The van der Waals surface area contributed by atoms with Crippen LogP contribution in [0.25, 0.3) is 0 Å². The second-order valence-electron chi connectivity index (χ2n) is 6.38. The van der Waals surface area contributed by atoms with Crippen LogP contribution in [0.2, 0.25) is 0 Å². The third-order valence-corrected chi connectivity index (χ3v) is 3.46. The van der Waals surface area contributed by atoms with Gasteiger partial charge in [-0.1, -0.05) is 13.8 Å². The van der Waals surface area contributed by atoms with Crippen LogP contribution in [0.15, 0.2) is 0 Å². The standard InChI is InChI=1S/C14H27N3O4/c1-10(2)7-11(8-17(3)4)15-13(20)16-14(12(18)19)5-6-21-9-14/h10-11H,5-9H2,1-4H3,(H,18,19)(H2,15,16,20). The summed E-state index contributed by atoms with van der Waals surface area (Å²) >= 11 is 0. The molecule has 2 amide bonds. The third-order valence-electron chi connectivity index (χ3n) is 3.46. The van der Waals surface area contributed by atoms with Gasteiger partial charge in [-0.25, -0.2) is 9.59 Å². The molecule has 0 aromatic carbocycles. The Balaban J connectivity index is 2.61. The van der Waals surface area contributed by atoms with Crippen molar-refractivity contribution in [3.05, 3.63) is 0 Å². The molecular formula is C14H27N3O4. The highest BCUT2D eigenvalue weighted by atomic mass is 16.5. The van der Waals surface area contributed by atoms with Crippen LogP contribution < -0.4 is 10.6 Å². The zero-order chi connectivity index (χ0) is 16.0. The molecular weight excluding hydrogens is 274 g/mol. The van der Waals surface area contributed by atoms with Crippen LogP contribution in [-0.4, -0.2) is 67.4 Å². The lowest BCUT2D eigenvalue weighted by molar-refractivity contribution is -0.144. The fourth-order valence-corrected chi connectivity index (χ4v) is 2.51. The van der Waals surface area contributed by atoms with Gasteiger partial charge in [0, 0.05) is 25.6 Å². The van der Waals surface area contributed by atoms with Crippen molar-refractivity contribution in [2.75, 3.05) is 33.9 Å². The molecule has 122 valence electrons. The molecule has 21 heavy (non-hydrogen) atoms. The third kappa shape index (κ3) is 5.51. The minimum atomic E-state index is -1.30. The molecule has 0 radical (unpaired) electrons. The van der Waals surface area contributed by atoms with Gasteiger partial charge in [-0.05, 0) is 26.4 Å². The Hall–Kier alpha value is -1.34. The Morgan fingerprint density at radius 1 is 1.38 bits per heavy atom. The molecule has 0 spiro atoms. The van der Waals surface area contributed by atoms with Gasteiger partial charge in [-0.2, -0.15) is 0 Å². The molecule has 1 heterocycles. The van der Waals surface area contributed by atoms with Gasteiger partial charge in [0.25, 0.3) is 0 Å². The fourth-order valence-electron chi connectivity index (χ4n) is 2.51. The number of aliphatic carboxylic acids is 1. The molecule has 0 aromatic heterocycles. The van der Waals surface area contributed by atoms with Crippen LogP contribution in [0.5, 0.6) is 0 Å². The van der Waals surface area contributed by atoms with E-state index in [0.717, 1.165) is 6.42 Å². The van der Waals surface area contributed by atoms with Crippen molar-refractivity contribution in [2.45, 2.75) is 38.3 Å². The van der Waals surface area contributed by atoms with Gasteiger partial charge >= 0.3 is 12.0 Å². The van der Waals surface area contributed by atoms with Gasteiger partial charge in [-0.15, -0.1) is 0 Å². The minimum Gasteiger partial charge on any atom is -0.479 e. The predicted octanol–water partition coefficient (Wildman–Crippen LogP) is 0.506. The molecule has 2 atom stereocenters. The predicted molar refractivity (Wildman–Crippen MR) is 79.3 cm³/mol. The Kier molecular flexibility index (Phi) is 6.42. The molecule has 7 heteroatoms. The molecule has 2 unspecified atom stereocenters. The SMILES string of the molecule is CC(C)CC(CN(C)C)NC(=O)NC1(C(=O)O)CCOC1. The summed E-state index contributed by atoms with van der Waals surface area (Å²) in [5.41, 5.74) is -1.30. The lowest BCUT2D eigenvalue weighted by Crippen LogP contribution is -2.59. The molecule has 1 aliphatic rings. The smallest absolute Gasteiger partial charge is 0.332 e. The molecule has 1 saturated heterocycles. The Labute approximate surface area is 126 Å². The van der Waals surface area contributed by atoms with Crippen LogP contribution in [0.1, 0.15) is 26.7 Å². The summed E-state index contributed by atoms with van der Waals surface area (Å²) < 4.78 is 5.13. The quantitative estimate of drug-likeness (QED) is 0.637. The lowest BCUT2D eigenvalue weighted by atomic mass is 9.99. The first-order valence-electron chi connectivity index (χ1n) is 7.30. The van der Waals surface area contributed by atoms with Crippen LogP contribution in [-0.2, 0) is 9.53 Å². The second-order valence-corrected chi connectivity index (χ2v) is 6.38. The first-order chi connectivity index (χ1) is 9.75. The molecule has 0 aliphatic carbocycles. The maximum atomic E-state index is 12.1. The number of urea groups is 1. The molecule has 1 fully saturated rings. The highest BCUT2D eigenvalue weighted by Crippen LogP contribution is 2.19. The number of carbonyl (C=O) groups is 2. The first-order valence-corrected chi connectivity index (χ1v) is 7.30. The summed E-state index contributed by atoms with van der Waals surface area (Å²) in [4.78, 5) is 25.5. The number of amides is 2. The number of hydrogen-bond acceptors (Lipinski definition) is 4. The zero-order valence-electron chi connectivity index (χ0n) is 13.3. The number of likely N-dealkylation sites (N-methyl/N-ethyl adjacent to an activating group) is 1. The van der Waals surface area contributed by atoms with Crippen molar-refractivity contribution >= 4 is 12.0 Å². The lowest BCUT2D eigenvalue weighted by Gasteiger charge is -2.28. The van der Waals surface area contributed by atoms with Crippen molar-refractivity contribution in [3.8, 4) is 0 Å². The van der Waals surface area contributed by atoms with E-state index in [1.54, 1.807) is 0 Å². The van der Waals surface area contributed by atoms with Gasteiger partial charge in [0.15, 0.2) is 5.54 Å². The Morgan fingerprint density at radius 2 is 2.05 bits per heavy atom. The molecule has 0 bridgehead atoms. The van der Waals surface area contributed by atoms with E-state index in [9.17, 15) is 14.7 Å². The van der Waals surface area contributed by atoms with E-state index in [2.05, 4.69) is 24.5 Å². The summed E-state index contributed by atoms with van der Waals surface area (Å²) in [6.45, 7) is 5.25. The van der Waals surface area contributed by atoms with Gasteiger partial charge in [-0.3, -0.25) is 0 Å².